The molecule has 1 atom stereocenters. The van der Waals surface area contributed by atoms with E-state index in [0.29, 0.717) is 25.6 Å². The molecular weight excluding hydrogens is 298 g/mol. The summed E-state index contributed by atoms with van der Waals surface area (Å²) in [7, 11) is 0. The number of rotatable bonds is 5. The van der Waals surface area contributed by atoms with Crippen LogP contribution < -0.4 is 5.32 Å². The zero-order valence-electron chi connectivity index (χ0n) is 13.8. The maximum absolute atomic E-state index is 12.3. The van der Waals surface area contributed by atoms with Gasteiger partial charge in [-0.2, -0.15) is 0 Å². The van der Waals surface area contributed by atoms with Gasteiger partial charge in [-0.3, -0.25) is 15.0 Å². The van der Waals surface area contributed by atoms with Crippen molar-refractivity contribution >= 4 is 11.8 Å². The molecule has 1 aromatic rings. The molecule has 2 aliphatic rings. The number of piperidine rings is 1. The van der Waals surface area contributed by atoms with E-state index in [1.165, 1.54) is 0 Å². The number of hydrogen-bond acceptors (Lipinski definition) is 6. The summed E-state index contributed by atoms with van der Waals surface area (Å²) in [6.07, 6.45) is 3.03. The summed E-state index contributed by atoms with van der Waals surface area (Å²) in [6, 6.07) is 1.93. The molecule has 3 rings (SSSR count). The first-order chi connectivity index (χ1) is 11.1. The highest BCUT2D eigenvalue weighted by atomic mass is 16.7. The Labute approximate surface area is 136 Å². The Bertz CT molecular complexity index is 525. The Hall–Kier alpha value is -1.44. The maximum atomic E-state index is 12.3. The third kappa shape index (κ3) is 4.10. The van der Waals surface area contributed by atoms with Gasteiger partial charge in [0.1, 0.15) is 0 Å². The van der Waals surface area contributed by atoms with Crippen LogP contribution in [0.1, 0.15) is 44.7 Å². The lowest BCUT2D eigenvalue weighted by Gasteiger charge is -2.37. The minimum absolute atomic E-state index is 0.0960. The van der Waals surface area contributed by atoms with Crippen molar-refractivity contribution in [1.29, 1.82) is 0 Å². The molecule has 3 heterocycles. The van der Waals surface area contributed by atoms with Crippen LogP contribution in [0.2, 0.25) is 0 Å². The standard InChI is InChI=1S/C16H25N3O4/c1-11(2)12-9-15(23-18-12)17-14(20)10-19-6-4-3-5-13(19)16-21-7-8-22-16/h9,11,13,16H,3-8,10H2,1-2H3,(H,17,20)/t13-/m0/s1. The number of carbonyl (C=O) groups excluding carboxylic acids is 1. The molecule has 0 unspecified atom stereocenters. The molecule has 23 heavy (non-hydrogen) atoms. The third-order valence-corrected chi connectivity index (χ3v) is 4.36. The number of carbonyl (C=O) groups is 1. The molecule has 2 aliphatic heterocycles. The molecule has 7 heteroatoms. The lowest BCUT2D eigenvalue weighted by Crippen LogP contribution is -2.50. The lowest BCUT2D eigenvalue weighted by molar-refractivity contribution is -0.127. The van der Waals surface area contributed by atoms with Crippen molar-refractivity contribution in [1.82, 2.24) is 10.1 Å². The predicted octanol–water partition coefficient (Wildman–Crippen LogP) is 1.96. The molecule has 1 amide bonds. The van der Waals surface area contributed by atoms with Gasteiger partial charge in [-0.15, -0.1) is 0 Å². The van der Waals surface area contributed by atoms with Gasteiger partial charge in [-0.1, -0.05) is 25.4 Å². The highest BCUT2D eigenvalue weighted by Crippen LogP contribution is 2.24. The van der Waals surface area contributed by atoms with E-state index < -0.39 is 0 Å². The van der Waals surface area contributed by atoms with E-state index in [-0.39, 0.29) is 24.2 Å². The van der Waals surface area contributed by atoms with Crippen LogP contribution in [-0.4, -0.2) is 54.6 Å². The summed E-state index contributed by atoms with van der Waals surface area (Å²) in [5, 5.41) is 6.73. The number of anilines is 1. The molecule has 128 valence electrons. The second kappa shape index (κ2) is 7.42. The molecular formula is C16H25N3O4. The van der Waals surface area contributed by atoms with Gasteiger partial charge in [-0.05, 0) is 25.3 Å². The van der Waals surface area contributed by atoms with Crippen molar-refractivity contribution in [2.45, 2.75) is 51.4 Å². The fourth-order valence-corrected chi connectivity index (χ4v) is 3.10. The zero-order chi connectivity index (χ0) is 16.2. The van der Waals surface area contributed by atoms with Gasteiger partial charge in [0.15, 0.2) is 6.29 Å². The summed E-state index contributed by atoms with van der Waals surface area (Å²) in [6.45, 7) is 6.53. The van der Waals surface area contributed by atoms with Crippen LogP contribution >= 0.6 is 0 Å². The molecule has 2 fully saturated rings. The monoisotopic (exact) mass is 323 g/mol. The molecule has 0 aromatic carbocycles. The largest absolute Gasteiger partial charge is 0.349 e. The molecule has 0 aliphatic carbocycles. The maximum Gasteiger partial charge on any atom is 0.240 e. The number of hydrogen-bond donors (Lipinski definition) is 1. The number of likely N-dealkylation sites (tertiary alicyclic amines) is 1. The van der Waals surface area contributed by atoms with E-state index in [2.05, 4.69) is 15.4 Å². The highest BCUT2D eigenvalue weighted by molar-refractivity contribution is 5.91. The van der Waals surface area contributed by atoms with E-state index in [0.717, 1.165) is 31.5 Å². The number of amides is 1. The number of ether oxygens (including phenoxy) is 2. The van der Waals surface area contributed by atoms with Crippen molar-refractivity contribution in [3.63, 3.8) is 0 Å². The third-order valence-electron chi connectivity index (χ3n) is 4.36. The molecule has 1 aromatic heterocycles. The van der Waals surface area contributed by atoms with Gasteiger partial charge in [-0.25, -0.2) is 0 Å². The normalized spacial score (nSPS) is 23.5. The van der Waals surface area contributed by atoms with Crippen molar-refractivity contribution in [3.8, 4) is 0 Å². The van der Waals surface area contributed by atoms with Crippen LogP contribution in [0.25, 0.3) is 0 Å². The number of nitrogens with zero attached hydrogens (tertiary/aromatic N) is 2. The summed E-state index contributed by atoms with van der Waals surface area (Å²) < 4.78 is 16.4. The predicted molar refractivity (Wildman–Crippen MR) is 84.1 cm³/mol. The average Bonchev–Trinajstić information content (AvgIpc) is 3.19. The van der Waals surface area contributed by atoms with E-state index >= 15 is 0 Å². The lowest BCUT2D eigenvalue weighted by atomic mass is 10.0. The summed E-state index contributed by atoms with van der Waals surface area (Å²) >= 11 is 0. The summed E-state index contributed by atoms with van der Waals surface area (Å²) in [4.78, 5) is 14.4. The minimum atomic E-state index is -0.207. The van der Waals surface area contributed by atoms with Gasteiger partial charge in [0.05, 0.1) is 31.5 Å². The molecule has 0 saturated carbocycles. The first-order valence-electron chi connectivity index (χ1n) is 8.37. The Balaban J connectivity index is 1.56. The van der Waals surface area contributed by atoms with Crippen LogP contribution in [0.15, 0.2) is 10.6 Å². The van der Waals surface area contributed by atoms with Gasteiger partial charge in [0.2, 0.25) is 11.8 Å². The van der Waals surface area contributed by atoms with Crippen LogP contribution in [0, 0.1) is 0 Å². The van der Waals surface area contributed by atoms with E-state index in [1.54, 1.807) is 6.07 Å². The zero-order valence-corrected chi connectivity index (χ0v) is 13.8. The molecule has 0 radical (unpaired) electrons. The smallest absolute Gasteiger partial charge is 0.240 e. The summed E-state index contributed by atoms with van der Waals surface area (Å²) in [5.41, 5.74) is 0.837. The quantitative estimate of drug-likeness (QED) is 0.892. The van der Waals surface area contributed by atoms with Crippen molar-refractivity contribution in [3.05, 3.63) is 11.8 Å². The van der Waals surface area contributed by atoms with Crippen molar-refractivity contribution < 1.29 is 18.8 Å². The SMILES string of the molecule is CC(C)c1cc(NC(=O)CN2CCCC[C@H]2C2OCCO2)on1. The molecule has 1 N–H and O–H groups in total. The highest BCUT2D eigenvalue weighted by Gasteiger charge is 2.34. The molecule has 0 bridgehead atoms. The van der Waals surface area contributed by atoms with Gasteiger partial charge < -0.3 is 14.0 Å². The Kier molecular flexibility index (Phi) is 5.30. The first-order valence-corrected chi connectivity index (χ1v) is 8.37. The van der Waals surface area contributed by atoms with Gasteiger partial charge in [0, 0.05) is 6.07 Å². The first kappa shape index (κ1) is 16.4. The van der Waals surface area contributed by atoms with Crippen LogP contribution in [0.3, 0.4) is 0 Å². The Morgan fingerprint density at radius 2 is 2.17 bits per heavy atom. The fraction of sp³-hybridized carbons (Fsp3) is 0.750. The minimum Gasteiger partial charge on any atom is -0.349 e. The topological polar surface area (TPSA) is 76.8 Å². The van der Waals surface area contributed by atoms with E-state index in [4.69, 9.17) is 14.0 Å². The van der Waals surface area contributed by atoms with Crippen molar-refractivity contribution in [2.24, 2.45) is 0 Å². The second-order valence-electron chi connectivity index (χ2n) is 6.46. The number of nitrogens with one attached hydrogen (secondary N) is 1. The Morgan fingerprint density at radius 3 is 2.87 bits per heavy atom. The van der Waals surface area contributed by atoms with Crippen LogP contribution in [0.5, 0.6) is 0 Å². The Morgan fingerprint density at radius 1 is 1.39 bits per heavy atom. The van der Waals surface area contributed by atoms with Crippen LogP contribution in [0.4, 0.5) is 5.88 Å². The fourth-order valence-electron chi connectivity index (χ4n) is 3.10. The van der Waals surface area contributed by atoms with Gasteiger partial charge in [0.25, 0.3) is 0 Å². The van der Waals surface area contributed by atoms with Crippen molar-refractivity contribution in [2.75, 3.05) is 31.6 Å². The summed E-state index contributed by atoms with van der Waals surface area (Å²) in [5.74, 6) is 0.578. The number of aromatic nitrogens is 1. The van der Waals surface area contributed by atoms with Gasteiger partial charge >= 0.3 is 0 Å². The second-order valence-corrected chi connectivity index (χ2v) is 6.46. The molecule has 0 spiro atoms. The average molecular weight is 323 g/mol. The molecule has 2 saturated heterocycles. The van der Waals surface area contributed by atoms with Crippen LogP contribution in [-0.2, 0) is 14.3 Å². The van der Waals surface area contributed by atoms with E-state index in [1.807, 2.05) is 13.8 Å². The van der Waals surface area contributed by atoms with E-state index in [9.17, 15) is 4.79 Å². The molecule has 7 nitrogen and oxygen atoms in total.